The molecule has 0 aliphatic carbocycles. The van der Waals surface area contributed by atoms with Crippen molar-refractivity contribution in [3.05, 3.63) is 45.5 Å². The number of nitrogens with one attached hydrogen (secondary N) is 1. The van der Waals surface area contributed by atoms with Gasteiger partial charge in [0.15, 0.2) is 23.0 Å². The van der Waals surface area contributed by atoms with Gasteiger partial charge in [-0.25, -0.2) is 0 Å². The van der Waals surface area contributed by atoms with Crippen molar-refractivity contribution in [3.8, 4) is 34.8 Å². The van der Waals surface area contributed by atoms with Crippen LogP contribution in [0.4, 0.5) is 11.4 Å². The maximum absolute atomic E-state index is 12.8. The van der Waals surface area contributed by atoms with Gasteiger partial charge in [0, 0.05) is 17.7 Å². The molecule has 0 spiro atoms. The zero-order valence-electron chi connectivity index (χ0n) is 17.5. The summed E-state index contributed by atoms with van der Waals surface area (Å²) in [6.07, 6.45) is 1.28. The van der Waals surface area contributed by atoms with Gasteiger partial charge in [0.25, 0.3) is 11.6 Å². The molecule has 0 atom stereocenters. The summed E-state index contributed by atoms with van der Waals surface area (Å²) >= 11 is 0. The molecule has 0 saturated heterocycles. The molecule has 1 amide bonds. The van der Waals surface area contributed by atoms with Crippen LogP contribution in [0.25, 0.3) is 6.08 Å². The highest BCUT2D eigenvalue weighted by Crippen LogP contribution is 2.40. The number of fused-ring (bicyclic) bond motifs is 1. The van der Waals surface area contributed by atoms with Gasteiger partial charge in [-0.3, -0.25) is 14.9 Å². The summed E-state index contributed by atoms with van der Waals surface area (Å²) in [5, 5.41) is 23.4. The molecule has 0 radical (unpaired) electrons. The van der Waals surface area contributed by atoms with E-state index in [2.05, 4.69) is 5.32 Å². The molecule has 1 aliphatic heterocycles. The Morgan fingerprint density at radius 3 is 2.22 bits per heavy atom. The number of amides is 1. The van der Waals surface area contributed by atoms with Crippen molar-refractivity contribution in [1.29, 1.82) is 5.26 Å². The number of nitriles is 1. The van der Waals surface area contributed by atoms with Crippen LogP contribution in [0, 0.1) is 21.4 Å². The Kier molecular flexibility index (Phi) is 6.65. The second kappa shape index (κ2) is 9.57. The number of methoxy groups -OCH3 is 3. The van der Waals surface area contributed by atoms with Crippen LogP contribution in [0.3, 0.4) is 0 Å². The summed E-state index contributed by atoms with van der Waals surface area (Å²) in [5.41, 5.74) is -0.485. The minimum atomic E-state index is -0.857. The summed E-state index contributed by atoms with van der Waals surface area (Å²) in [4.78, 5) is 23.6. The Morgan fingerprint density at radius 1 is 1.06 bits per heavy atom. The predicted octanol–water partition coefficient (Wildman–Crippen LogP) is 2.94. The number of nitrogens with zero attached hydrogens (tertiary/aromatic N) is 2. The molecule has 3 rings (SSSR count). The molecule has 0 unspecified atom stereocenters. The Labute approximate surface area is 182 Å². The number of anilines is 1. The molecule has 0 bridgehead atoms. The molecule has 32 heavy (non-hydrogen) atoms. The number of hydrogen-bond acceptors (Lipinski definition) is 9. The van der Waals surface area contributed by atoms with Crippen LogP contribution in [0.1, 0.15) is 5.56 Å². The molecule has 0 saturated carbocycles. The van der Waals surface area contributed by atoms with Crippen molar-refractivity contribution >= 4 is 23.4 Å². The molecule has 11 heteroatoms. The highest BCUT2D eigenvalue weighted by molar-refractivity contribution is 6.10. The topological polar surface area (TPSA) is 142 Å². The fraction of sp³-hybridized carbons (Fsp3) is 0.238. The Hall–Kier alpha value is -4.46. The third-order valence-corrected chi connectivity index (χ3v) is 4.51. The van der Waals surface area contributed by atoms with Crippen molar-refractivity contribution in [3.63, 3.8) is 0 Å². The third-order valence-electron chi connectivity index (χ3n) is 4.51. The third kappa shape index (κ3) is 4.49. The number of nitro groups is 1. The van der Waals surface area contributed by atoms with Crippen LogP contribution in [-0.2, 0) is 4.79 Å². The second-order valence-corrected chi connectivity index (χ2v) is 6.34. The van der Waals surface area contributed by atoms with Crippen molar-refractivity contribution < 1.29 is 33.4 Å². The van der Waals surface area contributed by atoms with Gasteiger partial charge in [0.2, 0.25) is 0 Å². The fourth-order valence-electron chi connectivity index (χ4n) is 2.99. The number of carbonyl (C=O) groups is 1. The van der Waals surface area contributed by atoms with E-state index in [1.165, 1.54) is 39.5 Å². The summed E-state index contributed by atoms with van der Waals surface area (Å²) in [6.45, 7) is 0.519. The van der Waals surface area contributed by atoms with E-state index >= 15 is 0 Å². The van der Waals surface area contributed by atoms with Crippen LogP contribution < -0.4 is 29.0 Å². The fourth-order valence-corrected chi connectivity index (χ4v) is 2.99. The van der Waals surface area contributed by atoms with Crippen molar-refractivity contribution in [2.45, 2.75) is 0 Å². The second-order valence-electron chi connectivity index (χ2n) is 6.34. The molecule has 2 aromatic rings. The van der Waals surface area contributed by atoms with E-state index in [4.69, 9.17) is 23.7 Å². The van der Waals surface area contributed by atoms with Gasteiger partial charge in [-0.2, -0.15) is 5.26 Å². The highest BCUT2D eigenvalue weighted by atomic mass is 16.6. The first-order valence-corrected chi connectivity index (χ1v) is 9.23. The zero-order valence-corrected chi connectivity index (χ0v) is 17.5. The SMILES string of the molecule is COc1cc(OC)c(OC)cc1/C=C(/C#N)C(=O)Nc1cc2c(cc1[N+](=O)[O-])OCCO2. The monoisotopic (exact) mass is 441 g/mol. The average molecular weight is 441 g/mol. The van der Waals surface area contributed by atoms with Crippen LogP contribution in [0.5, 0.6) is 28.7 Å². The van der Waals surface area contributed by atoms with Crippen LogP contribution in [0.15, 0.2) is 29.8 Å². The first-order chi connectivity index (χ1) is 15.4. The Bertz CT molecular complexity index is 1140. The van der Waals surface area contributed by atoms with Gasteiger partial charge in [0.05, 0.1) is 32.3 Å². The van der Waals surface area contributed by atoms with E-state index < -0.39 is 16.5 Å². The first-order valence-electron chi connectivity index (χ1n) is 9.23. The van der Waals surface area contributed by atoms with Crippen LogP contribution in [-0.4, -0.2) is 45.4 Å². The van der Waals surface area contributed by atoms with E-state index in [-0.39, 0.29) is 36.0 Å². The van der Waals surface area contributed by atoms with Gasteiger partial charge in [-0.15, -0.1) is 0 Å². The number of nitro benzene ring substituents is 1. The lowest BCUT2D eigenvalue weighted by molar-refractivity contribution is -0.384. The lowest BCUT2D eigenvalue weighted by atomic mass is 10.1. The van der Waals surface area contributed by atoms with Gasteiger partial charge in [0.1, 0.15) is 36.3 Å². The van der Waals surface area contributed by atoms with E-state index in [1.807, 2.05) is 0 Å². The maximum atomic E-state index is 12.8. The lowest BCUT2D eigenvalue weighted by Crippen LogP contribution is -2.18. The summed E-state index contributed by atoms with van der Waals surface area (Å²) < 4.78 is 26.5. The van der Waals surface area contributed by atoms with E-state index in [9.17, 15) is 20.2 Å². The van der Waals surface area contributed by atoms with E-state index in [1.54, 1.807) is 12.1 Å². The maximum Gasteiger partial charge on any atom is 0.296 e. The highest BCUT2D eigenvalue weighted by Gasteiger charge is 2.24. The predicted molar refractivity (Wildman–Crippen MR) is 112 cm³/mol. The van der Waals surface area contributed by atoms with E-state index in [0.717, 1.165) is 6.07 Å². The number of rotatable bonds is 7. The molecule has 1 aliphatic rings. The number of carbonyl (C=O) groups excluding carboxylic acids is 1. The standard InChI is InChI=1S/C21H19N3O8/c1-28-16-10-18(30-3)17(29-2)7-12(16)6-13(11-22)21(25)23-14-8-19-20(32-5-4-31-19)9-15(14)24(26)27/h6-10H,4-5H2,1-3H3,(H,23,25)/b13-6-. The Morgan fingerprint density at radius 2 is 1.66 bits per heavy atom. The first kappa shape index (κ1) is 22.2. The van der Waals surface area contributed by atoms with Crippen molar-refractivity contribution in [1.82, 2.24) is 0 Å². The molecule has 1 heterocycles. The normalized spacial score (nSPS) is 12.4. The number of hydrogen-bond donors (Lipinski definition) is 1. The summed E-state index contributed by atoms with van der Waals surface area (Å²) in [5.74, 6) is 0.682. The molecular weight excluding hydrogens is 422 g/mol. The van der Waals surface area contributed by atoms with Crippen molar-refractivity contribution in [2.24, 2.45) is 0 Å². The van der Waals surface area contributed by atoms with Gasteiger partial charge in [-0.05, 0) is 12.1 Å². The minimum Gasteiger partial charge on any atom is -0.496 e. The van der Waals surface area contributed by atoms with E-state index in [0.29, 0.717) is 22.8 Å². The Balaban J connectivity index is 1.98. The van der Waals surface area contributed by atoms with Crippen LogP contribution in [0.2, 0.25) is 0 Å². The van der Waals surface area contributed by atoms with Gasteiger partial charge < -0.3 is 29.0 Å². The lowest BCUT2D eigenvalue weighted by Gasteiger charge is -2.19. The zero-order chi connectivity index (χ0) is 23.3. The average Bonchev–Trinajstić information content (AvgIpc) is 2.81. The molecule has 166 valence electrons. The molecule has 0 fully saturated rings. The van der Waals surface area contributed by atoms with Crippen LogP contribution >= 0.6 is 0 Å². The molecule has 11 nitrogen and oxygen atoms in total. The number of benzene rings is 2. The molecule has 2 aromatic carbocycles. The molecular formula is C21H19N3O8. The summed E-state index contributed by atoms with van der Waals surface area (Å²) in [6, 6.07) is 7.33. The summed E-state index contributed by atoms with van der Waals surface area (Å²) in [7, 11) is 4.32. The quantitative estimate of drug-likeness (QED) is 0.297. The largest absolute Gasteiger partial charge is 0.496 e. The number of ether oxygens (including phenoxy) is 5. The van der Waals surface area contributed by atoms with Crippen molar-refractivity contribution in [2.75, 3.05) is 39.9 Å². The molecule has 0 aromatic heterocycles. The minimum absolute atomic E-state index is 0.135. The molecule has 1 N–H and O–H groups in total. The smallest absolute Gasteiger partial charge is 0.296 e. The van der Waals surface area contributed by atoms with Gasteiger partial charge in [-0.1, -0.05) is 0 Å². The van der Waals surface area contributed by atoms with Gasteiger partial charge >= 0.3 is 0 Å².